The van der Waals surface area contributed by atoms with Gasteiger partial charge in [0, 0.05) is 19.6 Å². The number of carbonyl (C=O) groups is 3. The predicted octanol–water partition coefficient (Wildman–Crippen LogP) is 2.52. The van der Waals surface area contributed by atoms with Crippen LogP contribution in [0.1, 0.15) is 30.4 Å². The SMILES string of the molecule is COC(CNC(=O)OCC1c2ccccc2-c2ccccc21)CC(=O)N[C@H](C)C(=O)O. The topological polar surface area (TPSA) is 114 Å². The van der Waals surface area contributed by atoms with Crippen LogP contribution in [0.4, 0.5) is 4.79 Å². The van der Waals surface area contributed by atoms with E-state index in [-0.39, 0.29) is 25.5 Å². The Kier molecular flexibility index (Phi) is 7.25. The Balaban J connectivity index is 1.51. The van der Waals surface area contributed by atoms with Crippen molar-refractivity contribution in [3.05, 3.63) is 59.7 Å². The third kappa shape index (κ3) is 5.40. The van der Waals surface area contributed by atoms with Crippen LogP contribution in [0.2, 0.25) is 0 Å². The van der Waals surface area contributed by atoms with Gasteiger partial charge < -0.3 is 25.2 Å². The van der Waals surface area contributed by atoms with Gasteiger partial charge in [-0.25, -0.2) is 4.79 Å². The summed E-state index contributed by atoms with van der Waals surface area (Å²) in [5.74, 6) is -1.64. The third-order valence-electron chi connectivity index (χ3n) is 5.31. The highest BCUT2D eigenvalue weighted by atomic mass is 16.5. The first-order chi connectivity index (χ1) is 14.9. The quantitative estimate of drug-likeness (QED) is 0.568. The summed E-state index contributed by atoms with van der Waals surface area (Å²) in [6, 6.07) is 15.1. The molecule has 164 valence electrons. The standard InChI is InChI=1S/C23H26N2O6/c1-14(22(27)28)25-21(26)11-15(30-2)12-24-23(29)31-13-20-18-9-5-3-7-16(18)17-8-4-6-10-19(17)20/h3-10,14-15,20H,11-13H2,1-2H3,(H,24,29)(H,25,26)(H,27,28)/t14-,15?/m1/s1. The van der Waals surface area contributed by atoms with Crippen molar-refractivity contribution in [2.75, 3.05) is 20.3 Å². The zero-order valence-electron chi connectivity index (χ0n) is 17.5. The molecule has 1 unspecified atom stereocenters. The number of carboxylic acid groups (broad SMARTS) is 1. The lowest BCUT2D eigenvalue weighted by molar-refractivity contribution is -0.141. The first-order valence-electron chi connectivity index (χ1n) is 10.0. The molecule has 0 fully saturated rings. The molecule has 3 rings (SSSR count). The molecule has 2 aromatic carbocycles. The van der Waals surface area contributed by atoms with Crippen LogP contribution < -0.4 is 10.6 Å². The Morgan fingerprint density at radius 3 is 2.16 bits per heavy atom. The van der Waals surface area contributed by atoms with Gasteiger partial charge in [0.1, 0.15) is 12.6 Å². The van der Waals surface area contributed by atoms with Crippen molar-refractivity contribution >= 4 is 18.0 Å². The van der Waals surface area contributed by atoms with Crippen molar-refractivity contribution in [1.82, 2.24) is 10.6 Å². The van der Waals surface area contributed by atoms with Gasteiger partial charge in [-0.1, -0.05) is 48.5 Å². The number of ether oxygens (including phenoxy) is 2. The average Bonchev–Trinajstić information content (AvgIpc) is 3.08. The van der Waals surface area contributed by atoms with Crippen LogP contribution in [0.3, 0.4) is 0 Å². The summed E-state index contributed by atoms with van der Waals surface area (Å²) in [5.41, 5.74) is 4.53. The maximum atomic E-state index is 12.2. The van der Waals surface area contributed by atoms with Gasteiger partial charge in [-0.15, -0.1) is 0 Å². The van der Waals surface area contributed by atoms with E-state index >= 15 is 0 Å². The van der Waals surface area contributed by atoms with Crippen LogP contribution in [-0.2, 0) is 19.1 Å². The van der Waals surface area contributed by atoms with Crippen LogP contribution >= 0.6 is 0 Å². The van der Waals surface area contributed by atoms with Gasteiger partial charge in [-0.05, 0) is 29.2 Å². The molecule has 0 spiro atoms. The van der Waals surface area contributed by atoms with E-state index in [1.165, 1.54) is 14.0 Å². The normalized spacial score (nSPS) is 14.1. The van der Waals surface area contributed by atoms with Crippen molar-refractivity contribution < 1.29 is 29.0 Å². The summed E-state index contributed by atoms with van der Waals surface area (Å²) in [4.78, 5) is 35.0. The van der Waals surface area contributed by atoms with E-state index < -0.39 is 30.1 Å². The molecule has 1 aliphatic carbocycles. The fourth-order valence-corrected chi connectivity index (χ4v) is 3.65. The molecular formula is C23H26N2O6. The van der Waals surface area contributed by atoms with Crippen molar-refractivity contribution in [2.45, 2.75) is 31.4 Å². The molecule has 2 atom stereocenters. The van der Waals surface area contributed by atoms with Gasteiger partial charge >= 0.3 is 12.1 Å². The Morgan fingerprint density at radius 1 is 1.03 bits per heavy atom. The molecular weight excluding hydrogens is 400 g/mol. The van der Waals surface area contributed by atoms with Crippen LogP contribution in [0.15, 0.2) is 48.5 Å². The summed E-state index contributed by atoms with van der Waals surface area (Å²) >= 11 is 0. The Labute approximate surface area is 180 Å². The van der Waals surface area contributed by atoms with Gasteiger partial charge in [0.2, 0.25) is 5.91 Å². The zero-order chi connectivity index (χ0) is 22.4. The first-order valence-corrected chi connectivity index (χ1v) is 10.0. The fourth-order valence-electron chi connectivity index (χ4n) is 3.65. The van der Waals surface area contributed by atoms with Crippen LogP contribution in [0.5, 0.6) is 0 Å². The Morgan fingerprint density at radius 2 is 1.61 bits per heavy atom. The number of methoxy groups -OCH3 is 1. The molecule has 0 bridgehead atoms. The molecule has 0 saturated heterocycles. The van der Waals surface area contributed by atoms with E-state index in [1.54, 1.807) is 0 Å². The van der Waals surface area contributed by atoms with Gasteiger partial charge in [0.05, 0.1) is 12.5 Å². The summed E-state index contributed by atoms with van der Waals surface area (Å²) in [5, 5.41) is 13.8. The molecule has 8 heteroatoms. The lowest BCUT2D eigenvalue weighted by atomic mass is 9.98. The van der Waals surface area contributed by atoms with E-state index in [9.17, 15) is 14.4 Å². The second kappa shape index (κ2) is 10.1. The Hall–Kier alpha value is -3.39. The summed E-state index contributed by atoms with van der Waals surface area (Å²) in [7, 11) is 1.41. The number of aliphatic carboxylic acids is 1. The van der Waals surface area contributed by atoms with E-state index in [0.29, 0.717) is 0 Å². The molecule has 0 radical (unpaired) electrons. The first kappa shape index (κ1) is 22.3. The maximum Gasteiger partial charge on any atom is 0.407 e. The summed E-state index contributed by atoms with van der Waals surface area (Å²) < 4.78 is 10.7. The van der Waals surface area contributed by atoms with E-state index in [0.717, 1.165) is 22.3 Å². The number of amides is 2. The number of rotatable bonds is 9. The number of fused-ring (bicyclic) bond motifs is 3. The van der Waals surface area contributed by atoms with E-state index in [4.69, 9.17) is 14.6 Å². The molecule has 2 amide bonds. The maximum absolute atomic E-state index is 12.2. The molecule has 8 nitrogen and oxygen atoms in total. The van der Waals surface area contributed by atoms with Crippen LogP contribution in [0.25, 0.3) is 11.1 Å². The molecule has 0 aliphatic heterocycles. The second-order valence-corrected chi connectivity index (χ2v) is 7.40. The number of benzene rings is 2. The fraction of sp³-hybridized carbons (Fsp3) is 0.348. The van der Waals surface area contributed by atoms with Crippen molar-refractivity contribution in [1.29, 1.82) is 0 Å². The minimum atomic E-state index is -1.13. The highest BCUT2D eigenvalue weighted by molar-refractivity contribution is 5.83. The third-order valence-corrected chi connectivity index (χ3v) is 5.31. The summed E-state index contributed by atoms with van der Waals surface area (Å²) in [6.45, 7) is 1.62. The van der Waals surface area contributed by atoms with Crippen molar-refractivity contribution in [3.63, 3.8) is 0 Å². The minimum Gasteiger partial charge on any atom is -0.480 e. The highest BCUT2D eigenvalue weighted by Crippen LogP contribution is 2.44. The number of hydrogen-bond acceptors (Lipinski definition) is 5. The van der Waals surface area contributed by atoms with Crippen LogP contribution in [0, 0.1) is 0 Å². The van der Waals surface area contributed by atoms with Crippen LogP contribution in [-0.4, -0.2) is 55.5 Å². The molecule has 31 heavy (non-hydrogen) atoms. The number of nitrogens with one attached hydrogen (secondary N) is 2. The number of carbonyl (C=O) groups excluding carboxylic acids is 2. The average molecular weight is 426 g/mol. The molecule has 0 heterocycles. The minimum absolute atomic E-state index is 0.0420. The molecule has 2 aromatic rings. The molecule has 1 aliphatic rings. The predicted molar refractivity (Wildman–Crippen MR) is 114 cm³/mol. The van der Waals surface area contributed by atoms with Gasteiger partial charge in [-0.3, -0.25) is 9.59 Å². The summed E-state index contributed by atoms with van der Waals surface area (Å²) in [6.07, 6.45) is -1.30. The second-order valence-electron chi connectivity index (χ2n) is 7.40. The monoisotopic (exact) mass is 426 g/mol. The highest BCUT2D eigenvalue weighted by Gasteiger charge is 2.29. The number of carboxylic acids is 1. The van der Waals surface area contributed by atoms with Gasteiger partial charge in [-0.2, -0.15) is 0 Å². The van der Waals surface area contributed by atoms with E-state index in [2.05, 4.69) is 22.8 Å². The molecule has 0 aromatic heterocycles. The number of hydrogen-bond donors (Lipinski definition) is 3. The molecule has 3 N–H and O–H groups in total. The smallest absolute Gasteiger partial charge is 0.407 e. The van der Waals surface area contributed by atoms with Crippen molar-refractivity contribution in [2.24, 2.45) is 0 Å². The van der Waals surface area contributed by atoms with Crippen molar-refractivity contribution in [3.8, 4) is 11.1 Å². The molecule has 0 saturated carbocycles. The van der Waals surface area contributed by atoms with Gasteiger partial charge in [0.15, 0.2) is 0 Å². The zero-order valence-corrected chi connectivity index (χ0v) is 17.5. The largest absolute Gasteiger partial charge is 0.480 e. The van der Waals surface area contributed by atoms with Gasteiger partial charge in [0.25, 0.3) is 0 Å². The number of alkyl carbamates (subject to hydrolysis) is 1. The Bertz CT molecular complexity index is 915. The lowest BCUT2D eigenvalue weighted by Crippen LogP contribution is -2.42. The van der Waals surface area contributed by atoms with E-state index in [1.807, 2.05) is 36.4 Å². The lowest BCUT2D eigenvalue weighted by Gasteiger charge is -2.18.